The largest absolute Gasteiger partial charge is 0.478 e. The summed E-state index contributed by atoms with van der Waals surface area (Å²) in [7, 11) is 1.44. The maximum absolute atomic E-state index is 12.4. The van der Waals surface area contributed by atoms with E-state index < -0.39 is 17.8 Å². The molecular weight excluding hydrogens is 1140 g/mol. The maximum Gasteiger partial charge on any atom is 0.338 e. The zero-order chi connectivity index (χ0) is 63.6. The van der Waals surface area contributed by atoms with Crippen molar-refractivity contribution in [3.05, 3.63) is 302 Å². The van der Waals surface area contributed by atoms with Crippen molar-refractivity contribution in [2.45, 2.75) is 75.5 Å². The molecule has 0 atom stereocenters. The molecule has 0 bridgehead atoms. The minimum atomic E-state index is -0.871. The van der Waals surface area contributed by atoms with Crippen LogP contribution in [-0.2, 0) is 24.0 Å². The van der Waals surface area contributed by atoms with Gasteiger partial charge in [0.2, 0.25) is 5.91 Å². The molecule has 0 aliphatic heterocycles. The Bertz CT molecular complexity index is 4930. The van der Waals surface area contributed by atoms with Gasteiger partial charge in [-0.25, -0.2) is 14.4 Å². The molecule has 3 heterocycles. The molecule has 3 saturated carbocycles. The number of ether oxygens (including phenoxy) is 1. The van der Waals surface area contributed by atoms with Gasteiger partial charge in [0, 0.05) is 57.4 Å². The minimum absolute atomic E-state index is 0.273. The first-order valence-corrected chi connectivity index (χ1v) is 30.9. The summed E-state index contributed by atoms with van der Waals surface area (Å²) >= 11 is 0. The van der Waals surface area contributed by atoms with E-state index in [1.54, 1.807) is 12.1 Å². The number of hydrogen-bond donors (Lipinski definition) is 3. The monoisotopic (exact) mass is 1210 g/mol. The number of amides is 1. The van der Waals surface area contributed by atoms with E-state index in [0.717, 1.165) is 120 Å². The van der Waals surface area contributed by atoms with Gasteiger partial charge < -0.3 is 34.4 Å². The second kappa shape index (κ2) is 25.5. The van der Waals surface area contributed by atoms with Gasteiger partial charge in [0.05, 0.1) is 63.6 Å². The molecule has 3 aliphatic carbocycles. The zero-order valence-electron chi connectivity index (χ0n) is 50.6. The number of primary amides is 1. The maximum atomic E-state index is 12.4. The van der Waals surface area contributed by atoms with Crippen molar-refractivity contribution in [3.63, 3.8) is 0 Å². The minimum Gasteiger partial charge on any atom is -0.478 e. The van der Waals surface area contributed by atoms with Crippen LogP contribution in [0.1, 0.15) is 159 Å². The fraction of sp³-hybridized carbons (Fsp3) is 0.165. The van der Waals surface area contributed by atoms with Crippen molar-refractivity contribution in [2.75, 3.05) is 7.11 Å². The van der Waals surface area contributed by atoms with E-state index in [0.29, 0.717) is 70.4 Å². The van der Waals surface area contributed by atoms with E-state index in [9.17, 15) is 29.4 Å². The van der Waals surface area contributed by atoms with Crippen LogP contribution in [0.15, 0.2) is 219 Å². The third-order valence-corrected chi connectivity index (χ3v) is 17.8. The molecule has 12 aromatic rings. The van der Waals surface area contributed by atoms with Crippen LogP contribution in [0, 0.1) is 22.7 Å². The summed E-state index contributed by atoms with van der Waals surface area (Å²) in [6.45, 7) is 0. The molecule has 452 valence electrons. The number of methoxy groups -OCH3 is 1. The number of nitrogens with two attached hydrogens (primary N) is 1. The first-order chi connectivity index (χ1) is 44.8. The molecule has 3 aromatic heterocycles. The van der Waals surface area contributed by atoms with Crippen molar-refractivity contribution >= 4 is 56.5 Å². The second-order valence-electron chi connectivity index (χ2n) is 24.2. The van der Waals surface area contributed by atoms with E-state index >= 15 is 0 Å². The summed E-state index contributed by atoms with van der Waals surface area (Å²) in [5.41, 5.74) is 24.2. The van der Waals surface area contributed by atoms with E-state index in [4.69, 9.17) is 21.0 Å². The lowest BCUT2D eigenvalue weighted by Gasteiger charge is -2.11. The van der Waals surface area contributed by atoms with Crippen LogP contribution in [0.5, 0.6) is 0 Å². The van der Waals surface area contributed by atoms with Crippen LogP contribution in [-0.4, -0.2) is 54.8 Å². The SMILES string of the molecule is COC(=O)c1cc(C2CC2)ccc1Cc1ccc2c(ccn2-c2ccc(C#N)cc2)c1.N#Cc1ccc(-n2ccc3cc(Cc4ccc(C5CC5)cc4C(=O)O)ccc32)cc1.NC(=O)c1ccc(-n2ccc3cc(Cc4ccc(C5CC5)cc4C(=O)O)ccc32)cc1. The summed E-state index contributed by atoms with van der Waals surface area (Å²) in [5, 5.41) is 40.7. The number of carboxylic acid groups (broad SMARTS) is 2. The Balaban J connectivity index is 0.000000126. The number of nitriles is 2. The van der Waals surface area contributed by atoms with Gasteiger partial charge >= 0.3 is 17.9 Å². The average molecular weight is 1210 g/mol. The highest BCUT2D eigenvalue weighted by atomic mass is 16.5. The number of carbonyl (C=O) groups excluding carboxylic acids is 2. The van der Waals surface area contributed by atoms with E-state index in [1.807, 2.05) is 128 Å². The lowest BCUT2D eigenvalue weighted by atomic mass is 9.96. The van der Waals surface area contributed by atoms with Crippen LogP contribution in [0.2, 0.25) is 0 Å². The van der Waals surface area contributed by atoms with Crippen LogP contribution < -0.4 is 5.73 Å². The number of aromatic nitrogens is 3. The molecule has 9 aromatic carbocycles. The molecule has 92 heavy (non-hydrogen) atoms. The van der Waals surface area contributed by atoms with Crippen LogP contribution >= 0.6 is 0 Å². The number of carbonyl (C=O) groups is 4. The van der Waals surface area contributed by atoms with E-state index in [2.05, 4.69) is 105 Å². The van der Waals surface area contributed by atoms with Gasteiger partial charge in [-0.3, -0.25) is 4.79 Å². The van der Waals surface area contributed by atoms with Crippen molar-refractivity contribution in [1.82, 2.24) is 13.7 Å². The number of rotatable bonds is 16. The Kier molecular flexibility index (Phi) is 16.5. The molecule has 15 rings (SSSR count). The van der Waals surface area contributed by atoms with Crippen LogP contribution in [0.3, 0.4) is 0 Å². The van der Waals surface area contributed by atoms with Gasteiger partial charge in [0.15, 0.2) is 0 Å². The molecule has 4 N–H and O–H groups in total. The van der Waals surface area contributed by atoms with Gasteiger partial charge in [-0.05, 0) is 271 Å². The molecule has 3 aliphatic rings. The number of carboxylic acids is 2. The highest BCUT2D eigenvalue weighted by molar-refractivity contribution is 5.94. The molecular formula is C79H64N6O7. The third kappa shape index (κ3) is 13.0. The quantitative estimate of drug-likeness (QED) is 0.0786. The average Bonchev–Trinajstić information content (AvgIpc) is 1.69. The number of benzene rings is 9. The number of nitrogens with zero attached hydrogens (tertiary/aromatic N) is 5. The molecule has 0 spiro atoms. The summed E-state index contributed by atoms with van der Waals surface area (Å²) in [4.78, 5) is 47.3. The number of esters is 1. The lowest BCUT2D eigenvalue weighted by molar-refractivity contribution is 0.0597. The predicted molar refractivity (Wildman–Crippen MR) is 357 cm³/mol. The standard InChI is InChI=1S/C27H22N2O2.C26H22N2O3.C26H20N2O2/c1-31-27(30)25-16-21(20-5-6-20)7-8-22(25)14-19-4-11-26-23(15-19)12-13-29(26)24-9-2-18(17-28)3-10-24;27-25(29)18-6-8-22(9-7-18)28-12-11-21-14-16(1-10-24(21)28)13-20-5-4-19(17-2-3-17)15-23(20)26(30)31;27-16-17-1-8-23(9-2-17)28-12-11-22-14-18(3-10-25(22)28)13-21-7-6-20(19-4-5-19)15-24(21)26(29)30/h2-4,7-13,15-16,20H,5-6,14H2,1H3;1,4-12,14-15,17H,2-3,13H2,(H2,27,29)(H,30,31);1-3,6-12,14-15,19H,4-5,13H2,(H,29,30). The smallest absolute Gasteiger partial charge is 0.338 e. The zero-order valence-corrected chi connectivity index (χ0v) is 50.6. The highest BCUT2D eigenvalue weighted by Crippen LogP contribution is 2.43. The summed E-state index contributed by atoms with van der Waals surface area (Å²) in [6.07, 6.45) is 14.9. The molecule has 0 saturated heterocycles. The molecule has 0 unspecified atom stereocenters. The number of hydrogen-bond acceptors (Lipinski definition) is 7. The molecule has 13 heteroatoms. The number of fused-ring (bicyclic) bond motifs is 3. The topological polar surface area (TPSA) is 206 Å². The Hall–Kier alpha value is -11.5. The summed E-state index contributed by atoms with van der Waals surface area (Å²) < 4.78 is 11.3. The summed E-state index contributed by atoms with van der Waals surface area (Å²) in [5.74, 6) is -0.790. The fourth-order valence-corrected chi connectivity index (χ4v) is 12.4. The Labute approximate surface area is 532 Å². The summed E-state index contributed by atoms with van der Waals surface area (Å²) in [6, 6.07) is 69.6. The first kappa shape index (κ1) is 59.4. The Morgan fingerprint density at radius 1 is 0.435 bits per heavy atom. The normalized spacial score (nSPS) is 13.3. The van der Waals surface area contributed by atoms with E-state index in [-0.39, 0.29) is 5.97 Å². The molecule has 0 radical (unpaired) electrons. The first-order valence-electron chi connectivity index (χ1n) is 30.9. The van der Waals surface area contributed by atoms with Crippen molar-refractivity contribution in [2.24, 2.45) is 5.73 Å². The predicted octanol–water partition coefficient (Wildman–Crippen LogP) is 16.3. The van der Waals surface area contributed by atoms with Crippen LogP contribution in [0.25, 0.3) is 49.8 Å². The van der Waals surface area contributed by atoms with Gasteiger partial charge in [-0.2, -0.15) is 10.5 Å². The molecule has 3 fully saturated rings. The number of aromatic carboxylic acids is 2. The van der Waals surface area contributed by atoms with Crippen molar-refractivity contribution < 1.29 is 34.1 Å². The van der Waals surface area contributed by atoms with Crippen molar-refractivity contribution in [1.29, 1.82) is 10.5 Å². The van der Waals surface area contributed by atoms with E-state index in [1.165, 1.54) is 25.5 Å². The highest BCUT2D eigenvalue weighted by Gasteiger charge is 2.28. The Morgan fingerprint density at radius 3 is 1.07 bits per heavy atom. The van der Waals surface area contributed by atoms with Gasteiger partial charge in [0.25, 0.3) is 0 Å². The molecule has 1 amide bonds. The molecule has 13 nitrogen and oxygen atoms in total. The lowest BCUT2D eigenvalue weighted by Crippen LogP contribution is -2.10. The fourth-order valence-electron chi connectivity index (χ4n) is 12.4. The third-order valence-electron chi connectivity index (χ3n) is 17.8. The van der Waals surface area contributed by atoms with Gasteiger partial charge in [-0.1, -0.05) is 54.6 Å². The van der Waals surface area contributed by atoms with Gasteiger partial charge in [0.1, 0.15) is 0 Å². The van der Waals surface area contributed by atoms with Crippen LogP contribution in [0.4, 0.5) is 0 Å². The Morgan fingerprint density at radius 2 is 0.761 bits per heavy atom. The van der Waals surface area contributed by atoms with Crippen molar-refractivity contribution in [3.8, 4) is 29.2 Å². The second-order valence-corrected chi connectivity index (χ2v) is 24.2. The van der Waals surface area contributed by atoms with Gasteiger partial charge in [-0.15, -0.1) is 0 Å².